The lowest BCUT2D eigenvalue weighted by Gasteiger charge is -2.29. The molecule has 3 rings (SSSR count). The van der Waals surface area contributed by atoms with Gasteiger partial charge >= 0.3 is 11.9 Å². The van der Waals surface area contributed by atoms with E-state index in [9.17, 15) is 9.59 Å². The molecular formula is C25H36O4. The monoisotopic (exact) mass is 400 g/mol. The number of esters is 2. The highest BCUT2D eigenvalue weighted by Gasteiger charge is 2.39. The Hall–Kier alpha value is -1.84. The highest BCUT2D eigenvalue weighted by atomic mass is 16.6. The van der Waals surface area contributed by atoms with Crippen LogP contribution < -0.4 is 0 Å². The molecule has 1 unspecified atom stereocenters. The molecule has 0 aromatic heterocycles. The molecule has 4 heteroatoms. The molecule has 0 heterocycles. The smallest absolute Gasteiger partial charge is 0.320 e. The molecule has 2 saturated carbocycles. The first kappa shape index (κ1) is 21.9. The molecule has 0 N–H and O–H groups in total. The van der Waals surface area contributed by atoms with Crippen LogP contribution in [-0.2, 0) is 25.5 Å². The maximum absolute atomic E-state index is 13.2. The third kappa shape index (κ3) is 6.58. The van der Waals surface area contributed by atoms with E-state index >= 15 is 0 Å². The van der Waals surface area contributed by atoms with Gasteiger partial charge in [0.2, 0.25) is 0 Å². The maximum Gasteiger partial charge on any atom is 0.320 e. The average Bonchev–Trinajstić information content (AvgIpc) is 2.75. The van der Waals surface area contributed by atoms with Crippen LogP contribution in [0.4, 0.5) is 0 Å². The van der Waals surface area contributed by atoms with Crippen molar-refractivity contribution in [1.29, 1.82) is 0 Å². The number of benzene rings is 1. The lowest BCUT2D eigenvalue weighted by Crippen LogP contribution is -2.39. The van der Waals surface area contributed by atoms with Crippen molar-refractivity contribution in [2.24, 2.45) is 11.8 Å². The van der Waals surface area contributed by atoms with E-state index in [0.29, 0.717) is 6.42 Å². The molecule has 1 atom stereocenters. The third-order valence-electron chi connectivity index (χ3n) is 6.51. The van der Waals surface area contributed by atoms with Gasteiger partial charge in [-0.25, -0.2) is 0 Å². The van der Waals surface area contributed by atoms with Crippen molar-refractivity contribution in [3.8, 4) is 0 Å². The van der Waals surface area contributed by atoms with E-state index in [4.69, 9.17) is 9.47 Å². The van der Waals surface area contributed by atoms with Crippen LogP contribution in [-0.4, -0.2) is 24.1 Å². The van der Waals surface area contributed by atoms with Crippen molar-refractivity contribution in [1.82, 2.24) is 0 Å². The molecule has 0 saturated heterocycles. The van der Waals surface area contributed by atoms with Gasteiger partial charge in [0.15, 0.2) is 5.92 Å². The first-order valence-corrected chi connectivity index (χ1v) is 11.6. The van der Waals surface area contributed by atoms with Crippen molar-refractivity contribution in [3.63, 3.8) is 0 Å². The molecule has 2 aliphatic carbocycles. The fraction of sp³-hybridized carbons (Fsp3) is 0.680. The second kappa shape index (κ2) is 11.4. The minimum atomic E-state index is -0.830. The van der Waals surface area contributed by atoms with Gasteiger partial charge in [-0.15, -0.1) is 0 Å². The van der Waals surface area contributed by atoms with Gasteiger partial charge in [0, 0.05) is 0 Å². The van der Waals surface area contributed by atoms with Crippen LogP contribution >= 0.6 is 0 Å². The minimum Gasteiger partial charge on any atom is -0.462 e. The largest absolute Gasteiger partial charge is 0.462 e. The summed E-state index contributed by atoms with van der Waals surface area (Å²) in [5.74, 6) is -1.69. The molecule has 2 fully saturated rings. The first-order valence-electron chi connectivity index (χ1n) is 11.6. The molecular weight excluding hydrogens is 364 g/mol. The lowest BCUT2D eigenvalue weighted by molar-refractivity contribution is -0.172. The molecule has 1 aromatic rings. The quantitative estimate of drug-likeness (QED) is 0.419. The van der Waals surface area contributed by atoms with Crippen LogP contribution in [0.5, 0.6) is 0 Å². The van der Waals surface area contributed by atoms with E-state index in [0.717, 1.165) is 63.4 Å². The standard InChI is InChI=1S/C25H36O4/c1-2-20(18-19-12-6-3-7-13-19)23(24(26)28-21-14-8-4-9-15-21)25(27)29-22-16-10-5-11-17-22/h3,6-7,12-13,20-23H,2,4-5,8-11,14-18H2,1H3. The maximum atomic E-state index is 13.2. The van der Waals surface area contributed by atoms with E-state index in [1.54, 1.807) is 0 Å². The van der Waals surface area contributed by atoms with Crippen LogP contribution in [0, 0.1) is 11.8 Å². The second-order valence-electron chi connectivity index (χ2n) is 8.73. The highest BCUT2D eigenvalue weighted by Crippen LogP contribution is 2.29. The van der Waals surface area contributed by atoms with Crippen LogP contribution in [0.1, 0.15) is 83.1 Å². The van der Waals surface area contributed by atoms with Crippen molar-refractivity contribution in [2.75, 3.05) is 0 Å². The van der Waals surface area contributed by atoms with Crippen molar-refractivity contribution < 1.29 is 19.1 Å². The SMILES string of the molecule is CCC(Cc1ccccc1)C(C(=O)OC1CCCCC1)C(=O)OC1CCCCC1. The fourth-order valence-electron chi connectivity index (χ4n) is 4.74. The molecule has 29 heavy (non-hydrogen) atoms. The van der Waals surface area contributed by atoms with Gasteiger partial charge in [-0.05, 0) is 69.3 Å². The van der Waals surface area contributed by atoms with Crippen molar-refractivity contribution >= 4 is 11.9 Å². The van der Waals surface area contributed by atoms with E-state index in [-0.39, 0.29) is 30.1 Å². The second-order valence-corrected chi connectivity index (χ2v) is 8.73. The normalized spacial score (nSPS) is 19.7. The Kier molecular flexibility index (Phi) is 8.57. The van der Waals surface area contributed by atoms with E-state index in [1.165, 1.54) is 12.8 Å². The molecule has 4 nitrogen and oxygen atoms in total. The van der Waals surface area contributed by atoms with E-state index < -0.39 is 5.92 Å². The fourth-order valence-corrected chi connectivity index (χ4v) is 4.74. The Morgan fingerprint density at radius 2 is 1.31 bits per heavy atom. The zero-order valence-corrected chi connectivity index (χ0v) is 17.8. The Balaban J connectivity index is 1.72. The van der Waals surface area contributed by atoms with Gasteiger partial charge in [-0.3, -0.25) is 9.59 Å². The van der Waals surface area contributed by atoms with Crippen molar-refractivity contribution in [2.45, 2.75) is 96.2 Å². The van der Waals surface area contributed by atoms with Crippen LogP contribution in [0.25, 0.3) is 0 Å². The predicted octanol–water partition coefficient (Wildman–Crippen LogP) is 5.62. The average molecular weight is 401 g/mol. The minimum absolute atomic E-state index is 0.0459. The van der Waals surface area contributed by atoms with Gasteiger partial charge in [-0.1, -0.05) is 56.5 Å². The molecule has 160 valence electrons. The van der Waals surface area contributed by atoms with Crippen molar-refractivity contribution in [3.05, 3.63) is 35.9 Å². The highest BCUT2D eigenvalue weighted by molar-refractivity contribution is 5.95. The van der Waals surface area contributed by atoms with Crippen LogP contribution in [0.2, 0.25) is 0 Å². The topological polar surface area (TPSA) is 52.6 Å². The summed E-state index contributed by atoms with van der Waals surface area (Å²) in [6.07, 6.45) is 11.7. The number of carbonyl (C=O) groups is 2. The van der Waals surface area contributed by atoms with Crippen LogP contribution in [0.15, 0.2) is 30.3 Å². The van der Waals surface area contributed by atoms with Crippen LogP contribution in [0.3, 0.4) is 0 Å². The van der Waals surface area contributed by atoms with E-state index in [1.807, 2.05) is 25.1 Å². The summed E-state index contributed by atoms with van der Waals surface area (Å²) in [6.45, 7) is 2.04. The zero-order chi connectivity index (χ0) is 20.5. The molecule has 0 bridgehead atoms. The summed E-state index contributed by atoms with van der Waals surface area (Å²) in [4.78, 5) is 26.3. The number of carbonyl (C=O) groups excluding carboxylic acids is 2. The van der Waals surface area contributed by atoms with Gasteiger partial charge in [0.05, 0.1) is 0 Å². The van der Waals surface area contributed by atoms with E-state index in [2.05, 4.69) is 12.1 Å². The lowest BCUT2D eigenvalue weighted by atomic mass is 9.84. The summed E-state index contributed by atoms with van der Waals surface area (Å²) in [7, 11) is 0. The predicted molar refractivity (Wildman–Crippen MR) is 113 cm³/mol. The Morgan fingerprint density at radius 1 is 0.828 bits per heavy atom. The summed E-state index contributed by atoms with van der Waals surface area (Å²) < 4.78 is 11.7. The molecule has 0 aliphatic heterocycles. The zero-order valence-electron chi connectivity index (χ0n) is 17.8. The third-order valence-corrected chi connectivity index (χ3v) is 6.51. The number of rotatable bonds is 8. The first-order chi connectivity index (χ1) is 14.2. The summed E-state index contributed by atoms with van der Waals surface area (Å²) in [5, 5.41) is 0. The summed E-state index contributed by atoms with van der Waals surface area (Å²) >= 11 is 0. The van der Waals surface area contributed by atoms with Gasteiger partial charge in [0.1, 0.15) is 12.2 Å². The number of ether oxygens (including phenoxy) is 2. The number of hydrogen-bond donors (Lipinski definition) is 0. The Bertz CT molecular complexity index is 597. The molecule has 0 spiro atoms. The molecule has 0 radical (unpaired) electrons. The van der Waals surface area contributed by atoms with Gasteiger partial charge in [-0.2, -0.15) is 0 Å². The Morgan fingerprint density at radius 3 is 1.76 bits per heavy atom. The van der Waals surface area contributed by atoms with Gasteiger partial charge in [0.25, 0.3) is 0 Å². The Labute approximate surface area is 175 Å². The molecule has 0 amide bonds. The summed E-state index contributed by atoms with van der Waals surface area (Å²) in [5.41, 5.74) is 1.14. The van der Waals surface area contributed by atoms with Gasteiger partial charge < -0.3 is 9.47 Å². The molecule has 2 aliphatic rings. The number of hydrogen-bond acceptors (Lipinski definition) is 4. The molecule has 1 aromatic carbocycles. The summed E-state index contributed by atoms with van der Waals surface area (Å²) in [6, 6.07) is 10.1.